The van der Waals surface area contributed by atoms with Crippen molar-refractivity contribution in [2.45, 2.75) is 20.4 Å². The summed E-state index contributed by atoms with van der Waals surface area (Å²) in [4.78, 5) is 10.9. The summed E-state index contributed by atoms with van der Waals surface area (Å²) in [6, 6.07) is 1.51. The van der Waals surface area contributed by atoms with E-state index < -0.39 is 5.97 Å². The highest BCUT2D eigenvalue weighted by Gasteiger charge is 2.17. The number of nitrogens with zero attached hydrogens (tertiary/aromatic N) is 3. The highest BCUT2D eigenvalue weighted by atomic mass is 16.5. The van der Waals surface area contributed by atoms with Gasteiger partial charge in [0, 0.05) is 18.4 Å². The van der Waals surface area contributed by atoms with Gasteiger partial charge in [-0.3, -0.25) is 9.78 Å². The van der Waals surface area contributed by atoms with Crippen LogP contribution in [0.1, 0.15) is 21.9 Å². The van der Waals surface area contributed by atoms with Gasteiger partial charge in [0.1, 0.15) is 5.69 Å². The number of methoxy groups -OCH3 is 1. The number of aromatic nitrogens is 4. The van der Waals surface area contributed by atoms with Crippen molar-refractivity contribution in [1.29, 1.82) is 0 Å². The molecule has 19 heavy (non-hydrogen) atoms. The first-order chi connectivity index (χ1) is 9.04. The molecule has 2 aromatic rings. The molecule has 0 saturated carbocycles. The summed E-state index contributed by atoms with van der Waals surface area (Å²) in [5, 5.41) is 19.8. The molecule has 0 amide bonds. The van der Waals surface area contributed by atoms with E-state index in [0.717, 1.165) is 17.0 Å². The molecule has 2 heterocycles. The van der Waals surface area contributed by atoms with Crippen LogP contribution in [0.4, 0.5) is 0 Å². The van der Waals surface area contributed by atoms with Crippen LogP contribution in [0.2, 0.25) is 0 Å². The SMILES string of the molecule is COCCn1nc(C)c(-c2cc(C(=O)O)[nH]n2)c1C. The summed E-state index contributed by atoms with van der Waals surface area (Å²) < 4.78 is 6.87. The smallest absolute Gasteiger partial charge is 0.353 e. The molecule has 0 aliphatic carbocycles. The number of carboxylic acids is 1. The summed E-state index contributed by atoms with van der Waals surface area (Å²) in [7, 11) is 1.64. The Hall–Kier alpha value is -2.15. The molecule has 0 unspecified atom stereocenters. The minimum atomic E-state index is -1.03. The Morgan fingerprint density at radius 1 is 1.53 bits per heavy atom. The summed E-state index contributed by atoms with van der Waals surface area (Å²) >= 11 is 0. The first kappa shape index (κ1) is 13.3. The number of aryl methyl sites for hydroxylation is 1. The standard InChI is InChI=1S/C12H16N4O3/c1-7-11(8(2)16(15-7)4-5-19-3)9-6-10(12(17)18)14-13-9/h6H,4-5H2,1-3H3,(H,13,14)(H,17,18). The van der Waals surface area contributed by atoms with Crippen LogP contribution in [0.15, 0.2) is 6.07 Å². The van der Waals surface area contributed by atoms with Crippen molar-refractivity contribution >= 4 is 5.97 Å². The fraction of sp³-hybridized carbons (Fsp3) is 0.417. The average Bonchev–Trinajstić information content (AvgIpc) is 2.92. The Morgan fingerprint density at radius 2 is 2.26 bits per heavy atom. The molecular formula is C12H16N4O3. The number of aromatic carboxylic acids is 1. The first-order valence-electron chi connectivity index (χ1n) is 5.86. The van der Waals surface area contributed by atoms with Crippen LogP contribution in [0.25, 0.3) is 11.3 Å². The van der Waals surface area contributed by atoms with Gasteiger partial charge in [-0.15, -0.1) is 0 Å². The van der Waals surface area contributed by atoms with E-state index in [0.29, 0.717) is 18.8 Å². The Labute approximate surface area is 110 Å². The molecule has 0 aliphatic rings. The van der Waals surface area contributed by atoms with E-state index in [2.05, 4.69) is 15.3 Å². The molecule has 7 nitrogen and oxygen atoms in total. The van der Waals surface area contributed by atoms with Gasteiger partial charge in [-0.1, -0.05) is 0 Å². The average molecular weight is 264 g/mol. The number of aromatic amines is 1. The molecule has 0 saturated heterocycles. The van der Waals surface area contributed by atoms with Crippen LogP contribution < -0.4 is 0 Å². The predicted octanol–water partition coefficient (Wildman–Crippen LogP) is 1.23. The molecule has 2 N–H and O–H groups in total. The summed E-state index contributed by atoms with van der Waals surface area (Å²) in [6.45, 7) is 5.03. The number of hydrogen-bond acceptors (Lipinski definition) is 4. The quantitative estimate of drug-likeness (QED) is 0.847. The van der Waals surface area contributed by atoms with Gasteiger partial charge in [0.05, 0.1) is 24.5 Å². The lowest BCUT2D eigenvalue weighted by Gasteiger charge is -2.03. The molecule has 0 spiro atoms. The van der Waals surface area contributed by atoms with Gasteiger partial charge in [-0.25, -0.2) is 4.79 Å². The number of H-pyrrole nitrogens is 1. The van der Waals surface area contributed by atoms with E-state index >= 15 is 0 Å². The van der Waals surface area contributed by atoms with Crippen molar-refractivity contribution in [2.24, 2.45) is 0 Å². The van der Waals surface area contributed by atoms with E-state index in [1.807, 2.05) is 18.5 Å². The van der Waals surface area contributed by atoms with Gasteiger partial charge in [-0.05, 0) is 19.9 Å². The molecule has 0 fully saturated rings. The molecule has 0 aliphatic heterocycles. The zero-order chi connectivity index (χ0) is 14.0. The number of carbonyl (C=O) groups is 1. The fourth-order valence-corrected chi connectivity index (χ4v) is 2.02. The predicted molar refractivity (Wildman–Crippen MR) is 68.1 cm³/mol. The lowest BCUT2D eigenvalue weighted by atomic mass is 10.1. The topological polar surface area (TPSA) is 93.0 Å². The minimum Gasteiger partial charge on any atom is -0.477 e. The molecule has 7 heteroatoms. The molecule has 2 aromatic heterocycles. The Kier molecular flexibility index (Phi) is 3.66. The lowest BCUT2D eigenvalue weighted by Crippen LogP contribution is -2.07. The molecule has 102 valence electrons. The summed E-state index contributed by atoms with van der Waals surface area (Å²) in [5.41, 5.74) is 3.28. The summed E-state index contributed by atoms with van der Waals surface area (Å²) in [5.74, 6) is -1.03. The maximum absolute atomic E-state index is 10.9. The molecule has 0 radical (unpaired) electrons. The first-order valence-corrected chi connectivity index (χ1v) is 5.86. The fourth-order valence-electron chi connectivity index (χ4n) is 2.02. The van der Waals surface area contributed by atoms with Crippen LogP contribution in [0, 0.1) is 13.8 Å². The molecule has 0 atom stereocenters. The maximum Gasteiger partial charge on any atom is 0.353 e. The second kappa shape index (κ2) is 5.23. The normalized spacial score (nSPS) is 10.9. The van der Waals surface area contributed by atoms with Gasteiger partial charge >= 0.3 is 5.97 Å². The third-order valence-corrected chi connectivity index (χ3v) is 2.95. The van der Waals surface area contributed by atoms with E-state index in [1.165, 1.54) is 6.07 Å². The lowest BCUT2D eigenvalue weighted by molar-refractivity contribution is 0.0690. The van der Waals surface area contributed by atoms with Crippen LogP contribution >= 0.6 is 0 Å². The van der Waals surface area contributed by atoms with Crippen molar-refractivity contribution in [3.8, 4) is 11.3 Å². The minimum absolute atomic E-state index is 0.0680. The van der Waals surface area contributed by atoms with E-state index in [-0.39, 0.29) is 5.69 Å². The third kappa shape index (κ3) is 2.50. The summed E-state index contributed by atoms with van der Waals surface area (Å²) in [6.07, 6.45) is 0. The zero-order valence-corrected chi connectivity index (χ0v) is 11.1. The van der Waals surface area contributed by atoms with Crippen molar-refractivity contribution in [2.75, 3.05) is 13.7 Å². The Balaban J connectivity index is 2.38. The van der Waals surface area contributed by atoms with Crippen molar-refractivity contribution in [3.05, 3.63) is 23.1 Å². The molecule has 0 bridgehead atoms. The van der Waals surface area contributed by atoms with E-state index in [9.17, 15) is 4.79 Å². The number of carboxylic acid groups (broad SMARTS) is 1. The Bertz CT molecular complexity index is 600. The second-order valence-corrected chi connectivity index (χ2v) is 4.23. The van der Waals surface area contributed by atoms with Crippen molar-refractivity contribution in [1.82, 2.24) is 20.0 Å². The monoisotopic (exact) mass is 264 g/mol. The van der Waals surface area contributed by atoms with Crippen LogP contribution in [0.5, 0.6) is 0 Å². The number of nitrogens with one attached hydrogen (secondary N) is 1. The highest BCUT2D eigenvalue weighted by molar-refractivity contribution is 5.87. The molecule has 0 aromatic carbocycles. The Morgan fingerprint density at radius 3 is 2.84 bits per heavy atom. The number of ether oxygens (including phenoxy) is 1. The van der Waals surface area contributed by atoms with Gasteiger partial charge in [-0.2, -0.15) is 10.2 Å². The zero-order valence-electron chi connectivity index (χ0n) is 11.1. The van der Waals surface area contributed by atoms with Crippen LogP contribution in [-0.4, -0.2) is 44.8 Å². The van der Waals surface area contributed by atoms with Gasteiger partial charge in [0.2, 0.25) is 0 Å². The van der Waals surface area contributed by atoms with Crippen molar-refractivity contribution in [3.63, 3.8) is 0 Å². The van der Waals surface area contributed by atoms with Crippen LogP contribution in [0.3, 0.4) is 0 Å². The maximum atomic E-state index is 10.9. The van der Waals surface area contributed by atoms with Crippen molar-refractivity contribution < 1.29 is 14.6 Å². The van der Waals surface area contributed by atoms with Gasteiger partial charge < -0.3 is 9.84 Å². The molecule has 2 rings (SSSR count). The van der Waals surface area contributed by atoms with Gasteiger partial charge in [0.25, 0.3) is 0 Å². The second-order valence-electron chi connectivity index (χ2n) is 4.23. The molecular weight excluding hydrogens is 248 g/mol. The number of hydrogen-bond donors (Lipinski definition) is 2. The third-order valence-electron chi connectivity index (χ3n) is 2.95. The van der Waals surface area contributed by atoms with Gasteiger partial charge in [0.15, 0.2) is 0 Å². The largest absolute Gasteiger partial charge is 0.477 e. The van der Waals surface area contributed by atoms with E-state index in [1.54, 1.807) is 7.11 Å². The van der Waals surface area contributed by atoms with E-state index in [4.69, 9.17) is 9.84 Å². The van der Waals surface area contributed by atoms with Crippen LogP contribution in [-0.2, 0) is 11.3 Å². The highest BCUT2D eigenvalue weighted by Crippen LogP contribution is 2.25. The number of rotatable bonds is 5.